The number of rotatable bonds is 8. The van der Waals surface area contributed by atoms with Crippen molar-refractivity contribution < 1.29 is 14.3 Å². The fourth-order valence-electron chi connectivity index (χ4n) is 1.23. The Bertz CT molecular complexity index is 314. The van der Waals surface area contributed by atoms with Gasteiger partial charge in [-0.3, -0.25) is 4.79 Å². The Morgan fingerprint density at radius 1 is 1.24 bits per heavy atom. The highest BCUT2D eigenvalue weighted by molar-refractivity contribution is 7.98. The van der Waals surface area contributed by atoms with E-state index >= 15 is 0 Å². The zero-order valence-corrected chi connectivity index (χ0v) is 10.9. The van der Waals surface area contributed by atoms with Crippen molar-refractivity contribution in [2.45, 2.75) is 12.8 Å². The molecule has 4 heteroatoms. The van der Waals surface area contributed by atoms with Gasteiger partial charge < -0.3 is 9.47 Å². The Labute approximate surface area is 106 Å². The van der Waals surface area contributed by atoms with E-state index in [1.165, 1.54) is 0 Å². The molecule has 94 valence electrons. The van der Waals surface area contributed by atoms with Crippen LogP contribution in [0.15, 0.2) is 30.3 Å². The molecule has 0 aliphatic carbocycles. The quantitative estimate of drug-likeness (QED) is 0.528. The first-order valence-corrected chi connectivity index (χ1v) is 7.04. The summed E-state index contributed by atoms with van der Waals surface area (Å²) in [5.41, 5.74) is 0. The highest BCUT2D eigenvalue weighted by Gasteiger charge is 2.02. The van der Waals surface area contributed by atoms with Crippen LogP contribution in [-0.4, -0.2) is 31.2 Å². The number of hydrogen-bond acceptors (Lipinski definition) is 4. The zero-order valence-electron chi connectivity index (χ0n) is 10.1. The van der Waals surface area contributed by atoms with Crippen LogP contribution in [0, 0.1) is 0 Å². The number of ether oxygens (including phenoxy) is 2. The van der Waals surface area contributed by atoms with Crippen molar-refractivity contribution in [2.24, 2.45) is 0 Å². The first kappa shape index (κ1) is 13.9. The van der Waals surface area contributed by atoms with Crippen molar-refractivity contribution in [3.63, 3.8) is 0 Å². The third-order valence-electron chi connectivity index (χ3n) is 2.09. The van der Waals surface area contributed by atoms with Crippen LogP contribution in [0.5, 0.6) is 5.75 Å². The molecule has 0 amide bonds. The molecule has 17 heavy (non-hydrogen) atoms. The molecule has 0 heterocycles. The van der Waals surface area contributed by atoms with E-state index in [4.69, 9.17) is 9.47 Å². The van der Waals surface area contributed by atoms with E-state index in [1.54, 1.807) is 11.8 Å². The molecule has 0 aliphatic rings. The molecule has 0 saturated heterocycles. The minimum Gasteiger partial charge on any atom is -0.494 e. The molecule has 1 aromatic rings. The summed E-state index contributed by atoms with van der Waals surface area (Å²) >= 11 is 1.67. The maximum atomic E-state index is 11.2. The lowest BCUT2D eigenvalue weighted by molar-refractivity contribution is -0.143. The molecule has 0 saturated carbocycles. The average molecular weight is 254 g/mol. The summed E-state index contributed by atoms with van der Waals surface area (Å²) < 4.78 is 10.5. The van der Waals surface area contributed by atoms with Gasteiger partial charge in [0.25, 0.3) is 0 Å². The molecule has 0 aromatic heterocycles. The van der Waals surface area contributed by atoms with Crippen LogP contribution >= 0.6 is 11.8 Å². The van der Waals surface area contributed by atoms with Gasteiger partial charge in [0.05, 0.1) is 6.61 Å². The van der Waals surface area contributed by atoms with Crippen LogP contribution in [0.4, 0.5) is 0 Å². The van der Waals surface area contributed by atoms with Crippen molar-refractivity contribution in [1.82, 2.24) is 0 Å². The second kappa shape index (κ2) is 8.93. The van der Waals surface area contributed by atoms with E-state index < -0.39 is 0 Å². The normalized spacial score (nSPS) is 9.94. The maximum absolute atomic E-state index is 11.2. The van der Waals surface area contributed by atoms with Crippen molar-refractivity contribution in [3.8, 4) is 5.75 Å². The topological polar surface area (TPSA) is 35.5 Å². The second-order valence-electron chi connectivity index (χ2n) is 3.48. The van der Waals surface area contributed by atoms with Crippen molar-refractivity contribution >= 4 is 17.7 Å². The Morgan fingerprint density at radius 2 is 2.00 bits per heavy atom. The molecule has 3 nitrogen and oxygen atoms in total. The SMILES string of the molecule is CSCCOC(=O)CCCOc1ccccc1. The van der Waals surface area contributed by atoms with E-state index in [-0.39, 0.29) is 5.97 Å². The molecule has 0 N–H and O–H groups in total. The lowest BCUT2D eigenvalue weighted by Gasteiger charge is -2.06. The van der Waals surface area contributed by atoms with Gasteiger partial charge in [0.1, 0.15) is 12.4 Å². The number of thioether (sulfide) groups is 1. The zero-order chi connectivity index (χ0) is 12.3. The molecule has 0 radical (unpaired) electrons. The fourth-order valence-corrected chi connectivity index (χ4v) is 1.48. The van der Waals surface area contributed by atoms with Gasteiger partial charge in [-0.1, -0.05) is 18.2 Å². The van der Waals surface area contributed by atoms with Crippen LogP contribution in [0.3, 0.4) is 0 Å². The van der Waals surface area contributed by atoms with Crippen LogP contribution in [-0.2, 0) is 9.53 Å². The summed E-state index contributed by atoms with van der Waals surface area (Å²) in [4.78, 5) is 11.2. The minimum atomic E-state index is -0.143. The standard InChI is InChI=1S/C13H18O3S/c1-17-11-10-16-13(14)8-5-9-15-12-6-3-2-4-7-12/h2-4,6-7H,5,8-11H2,1H3. The smallest absolute Gasteiger partial charge is 0.305 e. The molecule has 0 fully saturated rings. The van der Waals surface area contributed by atoms with Gasteiger partial charge in [-0.2, -0.15) is 11.8 Å². The van der Waals surface area contributed by atoms with E-state index in [0.717, 1.165) is 11.5 Å². The maximum Gasteiger partial charge on any atom is 0.305 e. The van der Waals surface area contributed by atoms with E-state index in [9.17, 15) is 4.79 Å². The van der Waals surface area contributed by atoms with Gasteiger partial charge in [0.15, 0.2) is 0 Å². The van der Waals surface area contributed by atoms with Gasteiger partial charge in [-0.25, -0.2) is 0 Å². The van der Waals surface area contributed by atoms with Gasteiger partial charge in [0.2, 0.25) is 0 Å². The highest BCUT2D eigenvalue weighted by atomic mass is 32.2. The number of carbonyl (C=O) groups excluding carboxylic acids is 1. The fraction of sp³-hybridized carbons (Fsp3) is 0.462. The predicted molar refractivity (Wildman–Crippen MR) is 70.5 cm³/mol. The highest BCUT2D eigenvalue weighted by Crippen LogP contribution is 2.08. The third kappa shape index (κ3) is 6.89. The van der Waals surface area contributed by atoms with Gasteiger partial charge in [-0.15, -0.1) is 0 Å². The van der Waals surface area contributed by atoms with Gasteiger partial charge >= 0.3 is 5.97 Å². The Hall–Kier alpha value is -1.16. The Morgan fingerprint density at radius 3 is 2.71 bits per heavy atom. The number of carbonyl (C=O) groups is 1. The summed E-state index contributed by atoms with van der Waals surface area (Å²) in [5.74, 6) is 1.55. The molecular formula is C13H18O3S. The largest absolute Gasteiger partial charge is 0.494 e. The molecule has 0 aliphatic heterocycles. The van der Waals surface area contributed by atoms with Gasteiger partial charge in [0, 0.05) is 12.2 Å². The molecule has 1 aromatic carbocycles. The molecule has 0 unspecified atom stereocenters. The number of hydrogen-bond donors (Lipinski definition) is 0. The van der Waals surface area contributed by atoms with Gasteiger partial charge in [-0.05, 0) is 24.8 Å². The summed E-state index contributed by atoms with van der Waals surface area (Å²) in [6.45, 7) is 1.04. The first-order chi connectivity index (χ1) is 8.33. The monoisotopic (exact) mass is 254 g/mol. The molecule has 0 spiro atoms. The van der Waals surface area contributed by atoms with Crippen LogP contribution in [0.25, 0.3) is 0 Å². The minimum absolute atomic E-state index is 0.143. The summed E-state index contributed by atoms with van der Waals surface area (Å²) in [5, 5.41) is 0. The van der Waals surface area contributed by atoms with E-state index in [2.05, 4.69) is 0 Å². The van der Waals surface area contributed by atoms with Crippen LogP contribution < -0.4 is 4.74 Å². The average Bonchev–Trinajstić information content (AvgIpc) is 2.36. The molecule has 0 bridgehead atoms. The summed E-state index contributed by atoms with van der Waals surface area (Å²) in [6, 6.07) is 9.58. The van der Waals surface area contributed by atoms with E-state index in [1.807, 2.05) is 36.6 Å². The third-order valence-corrected chi connectivity index (χ3v) is 2.66. The van der Waals surface area contributed by atoms with Crippen molar-refractivity contribution in [1.29, 1.82) is 0 Å². The lowest BCUT2D eigenvalue weighted by Crippen LogP contribution is -2.09. The van der Waals surface area contributed by atoms with E-state index in [0.29, 0.717) is 26.1 Å². The summed E-state index contributed by atoms with van der Waals surface area (Å²) in [6.07, 6.45) is 3.09. The van der Waals surface area contributed by atoms with Crippen molar-refractivity contribution in [2.75, 3.05) is 25.2 Å². The number of benzene rings is 1. The number of esters is 1. The Balaban J connectivity index is 2.02. The van der Waals surface area contributed by atoms with Crippen LogP contribution in [0.2, 0.25) is 0 Å². The molecule has 0 atom stereocenters. The summed E-state index contributed by atoms with van der Waals surface area (Å²) in [7, 11) is 0. The van der Waals surface area contributed by atoms with Crippen LogP contribution in [0.1, 0.15) is 12.8 Å². The predicted octanol–water partition coefficient (Wildman–Crippen LogP) is 2.75. The molecule has 1 rings (SSSR count). The molecular weight excluding hydrogens is 236 g/mol. The van der Waals surface area contributed by atoms with Crippen molar-refractivity contribution in [3.05, 3.63) is 30.3 Å². The second-order valence-corrected chi connectivity index (χ2v) is 4.46. The number of para-hydroxylation sites is 1. The first-order valence-electron chi connectivity index (χ1n) is 5.65. The lowest BCUT2D eigenvalue weighted by atomic mass is 10.3. The Kier molecular flexibility index (Phi) is 7.30.